The van der Waals surface area contributed by atoms with Gasteiger partial charge in [0.2, 0.25) is 0 Å². The van der Waals surface area contributed by atoms with E-state index in [9.17, 15) is 9.90 Å². The highest BCUT2D eigenvalue weighted by atomic mass is 16.5. The predicted molar refractivity (Wildman–Crippen MR) is 69.7 cm³/mol. The van der Waals surface area contributed by atoms with Crippen LogP contribution in [0, 0.1) is 0 Å². The molecule has 0 radical (unpaired) electrons. The molecule has 5 nitrogen and oxygen atoms in total. The van der Waals surface area contributed by atoms with Crippen molar-refractivity contribution in [2.24, 2.45) is 5.73 Å². The molecule has 0 saturated carbocycles. The Hall–Kier alpha value is -1.59. The normalized spacial score (nSPS) is 21.2. The van der Waals surface area contributed by atoms with E-state index in [1.807, 2.05) is 6.07 Å². The second kappa shape index (κ2) is 6.04. The van der Waals surface area contributed by atoms with E-state index in [1.165, 1.54) is 7.11 Å². The topological polar surface area (TPSA) is 81.8 Å². The lowest BCUT2D eigenvalue weighted by molar-refractivity contribution is -0.141. The molecule has 0 aromatic heterocycles. The molecule has 2 atom stereocenters. The molecule has 0 bridgehead atoms. The van der Waals surface area contributed by atoms with E-state index in [-0.39, 0.29) is 23.9 Å². The van der Waals surface area contributed by atoms with Crippen molar-refractivity contribution in [3.8, 4) is 5.75 Å². The Labute approximate surface area is 112 Å². The number of rotatable bonds is 5. The number of hydrogen-bond acceptors (Lipinski definition) is 5. The maximum Gasteiger partial charge on any atom is 0.305 e. The van der Waals surface area contributed by atoms with E-state index >= 15 is 0 Å². The van der Waals surface area contributed by atoms with Gasteiger partial charge in [0, 0.05) is 24.6 Å². The third kappa shape index (κ3) is 3.05. The van der Waals surface area contributed by atoms with Gasteiger partial charge in [0.15, 0.2) is 0 Å². The van der Waals surface area contributed by atoms with E-state index in [2.05, 4.69) is 4.74 Å². The number of carbonyl (C=O) groups is 1. The summed E-state index contributed by atoms with van der Waals surface area (Å²) in [5.74, 6) is -0.0222. The fraction of sp³-hybridized carbons (Fsp3) is 0.500. The molecule has 19 heavy (non-hydrogen) atoms. The first kappa shape index (κ1) is 13.8. The highest BCUT2D eigenvalue weighted by molar-refractivity contribution is 5.69. The lowest BCUT2D eigenvalue weighted by Gasteiger charge is -2.18. The van der Waals surface area contributed by atoms with E-state index in [0.29, 0.717) is 25.9 Å². The second-order valence-electron chi connectivity index (χ2n) is 4.69. The summed E-state index contributed by atoms with van der Waals surface area (Å²) >= 11 is 0. The Morgan fingerprint density at radius 2 is 2.32 bits per heavy atom. The maximum absolute atomic E-state index is 11.0. The summed E-state index contributed by atoms with van der Waals surface area (Å²) < 4.78 is 10.3. The van der Waals surface area contributed by atoms with Crippen molar-refractivity contribution in [2.45, 2.75) is 31.4 Å². The molecule has 0 heterocycles. The van der Waals surface area contributed by atoms with Crippen LogP contribution in [0.25, 0.3) is 0 Å². The lowest BCUT2D eigenvalue weighted by atomic mass is 10.1. The maximum atomic E-state index is 11.0. The number of aromatic hydroxyl groups is 1. The highest BCUT2D eigenvalue weighted by Crippen LogP contribution is 2.38. The van der Waals surface area contributed by atoms with Crippen LogP contribution in [0.4, 0.5) is 0 Å². The number of phenols is 1. The summed E-state index contributed by atoms with van der Waals surface area (Å²) in [5, 5.41) is 9.89. The van der Waals surface area contributed by atoms with Crippen molar-refractivity contribution >= 4 is 5.97 Å². The minimum atomic E-state index is -0.297. The van der Waals surface area contributed by atoms with Crippen LogP contribution in [-0.2, 0) is 20.7 Å². The molecule has 1 aromatic carbocycles. The van der Waals surface area contributed by atoms with Crippen molar-refractivity contribution in [1.29, 1.82) is 0 Å². The Bertz CT molecular complexity index is 461. The summed E-state index contributed by atoms with van der Waals surface area (Å²) in [6.07, 6.45) is 1.31. The third-order valence-corrected chi connectivity index (χ3v) is 3.35. The first-order valence-corrected chi connectivity index (χ1v) is 6.38. The van der Waals surface area contributed by atoms with Crippen LogP contribution in [0.1, 0.15) is 30.1 Å². The molecular weight excluding hydrogens is 246 g/mol. The summed E-state index contributed by atoms with van der Waals surface area (Å²) in [6.45, 7) is 0.418. The monoisotopic (exact) mass is 265 g/mol. The number of esters is 1. The van der Waals surface area contributed by atoms with Gasteiger partial charge in [0.05, 0.1) is 7.11 Å². The van der Waals surface area contributed by atoms with Gasteiger partial charge in [-0.25, -0.2) is 0 Å². The van der Waals surface area contributed by atoms with Gasteiger partial charge >= 0.3 is 5.97 Å². The van der Waals surface area contributed by atoms with Crippen molar-refractivity contribution in [3.05, 3.63) is 29.3 Å². The molecular formula is C14H19NO4. The number of fused-ring (bicyclic) bond motifs is 1. The molecule has 0 aliphatic heterocycles. The zero-order valence-electron chi connectivity index (χ0n) is 11.0. The van der Waals surface area contributed by atoms with E-state index in [1.54, 1.807) is 12.1 Å². The Morgan fingerprint density at radius 1 is 1.53 bits per heavy atom. The zero-order chi connectivity index (χ0) is 13.8. The highest BCUT2D eigenvalue weighted by Gasteiger charge is 2.32. The Balaban J connectivity index is 1.93. The zero-order valence-corrected chi connectivity index (χ0v) is 11.0. The van der Waals surface area contributed by atoms with Gasteiger partial charge in [-0.2, -0.15) is 0 Å². The molecule has 2 rings (SSSR count). The van der Waals surface area contributed by atoms with Crippen LogP contribution < -0.4 is 5.73 Å². The molecule has 0 saturated heterocycles. The molecule has 104 valence electrons. The number of benzene rings is 1. The smallest absolute Gasteiger partial charge is 0.305 e. The van der Waals surface area contributed by atoms with Gasteiger partial charge < -0.3 is 20.3 Å². The Morgan fingerprint density at radius 3 is 3.05 bits per heavy atom. The van der Waals surface area contributed by atoms with Crippen LogP contribution in [0.5, 0.6) is 5.75 Å². The van der Waals surface area contributed by atoms with E-state index in [4.69, 9.17) is 10.5 Å². The summed E-state index contributed by atoms with van der Waals surface area (Å²) in [7, 11) is 1.37. The van der Waals surface area contributed by atoms with Crippen LogP contribution in [0.2, 0.25) is 0 Å². The molecule has 1 aliphatic carbocycles. The number of ether oxygens (including phenoxy) is 2. The average Bonchev–Trinajstić information content (AvgIpc) is 2.72. The SMILES string of the molecule is COC(=O)CCCOC1c2c(O)cccc2CC1N. The minimum Gasteiger partial charge on any atom is -0.508 e. The number of methoxy groups -OCH3 is 1. The summed E-state index contributed by atoms with van der Waals surface area (Å²) in [5.41, 5.74) is 7.86. The van der Waals surface area contributed by atoms with Gasteiger partial charge in [-0.3, -0.25) is 4.79 Å². The first-order chi connectivity index (χ1) is 9.13. The molecule has 1 aliphatic rings. The largest absolute Gasteiger partial charge is 0.508 e. The first-order valence-electron chi connectivity index (χ1n) is 6.38. The van der Waals surface area contributed by atoms with Crippen molar-refractivity contribution in [1.82, 2.24) is 0 Å². The van der Waals surface area contributed by atoms with Gasteiger partial charge in [0.25, 0.3) is 0 Å². The van der Waals surface area contributed by atoms with Crippen LogP contribution in [-0.4, -0.2) is 30.8 Å². The average molecular weight is 265 g/mol. The number of hydrogen-bond donors (Lipinski definition) is 2. The van der Waals surface area contributed by atoms with Gasteiger partial charge in [-0.15, -0.1) is 0 Å². The number of carbonyl (C=O) groups excluding carboxylic acids is 1. The predicted octanol–water partition coefficient (Wildman–Crippen LogP) is 1.29. The number of phenolic OH excluding ortho intramolecular Hbond substituents is 1. The fourth-order valence-electron chi connectivity index (χ4n) is 2.42. The Kier molecular flexibility index (Phi) is 4.39. The molecule has 2 unspecified atom stereocenters. The minimum absolute atomic E-state index is 0.151. The standard InChI is InChI=1S/C14H19NO4/c1-18-12(17)6-3-7-19-14-10(15)8-9-4-2-5-11(16)13(9)14/h2,4-5,10,14,16H,3,6-8,15H2,1H3. The second-order valence-corrected chi connectivity index (χ2v) is 4.69. The van der Waals surface area contributed by atoms with Crippen LogP contribution in [0.3, 0.4) is 0 Å². The molecule has 0 spiro atoms. The molecule has 0 amide bonds. The summed E-state index contributed by atoms with van der Waals surface area (Å²) in [4.78, 5) is 11.0. The molecule has 0 fully saturated rings. The fourth-order valence-corrected chi connectivity index (χ4v) is 2.42. The van der Waals surface area contributed by atoms with Crippen molar-refractivity contribution in [2.75, 3.05) is 13.7 Å². The van der Waals surface area contributed by atoms with E-state index in [0.717, 1.165) is 11.1 Å². The molecule has 5 heteroatoms. The van der Waals surface area contributed by atoms with Crippen LogP contribution in [0.15, 0.2) is 18.2 Å². The van der Waals surface area contributed by atoms with Crippen LogP contribution >= 0.6 is 0 Å². The number of nitrogens with two attached hydrogens (primary N) is 1. The van der Waals surface area contributed by atoms with Crippen molar-refractivity contribution in [3.63, 3.8) is 0 Å². The molecule has 1 aromatic rings. The quantitative estimate of drug-likeness (QED) is 0.619. The van der Waals surface area contributed by atoms with Gasteiger partial charge in [-0.1, -0.05) is 12.1 Å². The van der Waals surface area contributed by atoms with Gasteiger partial charge in [-0.05, 0) is 24.5 Å². The third-order valence-electron chi connectivity index (χ3n) is 3.35. The van der Waals surface area contributed by atoms with Gasteiger partial charge in [0.1, 0.15) is 11.9 Å². The van der Waals surface area contributed by atoms with Crippen molar-refractivity contribution < 1.29 is 19.4 Å². The molecule has 3 N–H and O–H groups in total. The van der Waals surface area contributed by atoms with E-state index < -0.39 is 0 Å². The lowest BCUT2D eigenvalue weighted by Crippen LogP contribution is -2.27. The summed E-state index contributed by atoms with van der Waals surface area (Å²) in [6, 6.07) is 5.25.